The van der Waals surface area contributed by atoms with Crippen molar-refractivity contribution in [2.45, 2.75) is 26.8 Å². The van der Waals surface area contributed by atoms with E-state index in [9.17, 15) is 19.2 Å². The van der Waals surface area contributed by atoms with E-state index in [0.29, 0.717) is 10.6 Å². The maximum Gasteiger partial charge on any atom is 0.335 e. The number of thiophene rings is 1. The van der Waals surface area contributed by atoms with Crippen LogP contribution in [0.3, 0.4) is 0 Å². The van der Waals surface area contributed by atoms with E-state index >= 15 is 0 Å². The smallest absolute Gasteiger partial charge is 0.324 e. The van der Waals surface area contributed by atoms with Gasteiger partial charge in [-0.1, -0.05) is 31.2 Å². The summed E-state index contributed by atoms with van der Waals surface area (Å²) in [6, 6.07) is 8.47. The second-order valence-corrected chi connectivity index (χ2v) is 7.19. The third-order valence-corrected chi connectivity index (χ3v) is 5.20. The van der Waals surface area contributed by atoms with Crippen LogP contribution in [-0.2, 0) is 27.3 Å². The van der Waals surface area contributed by atoms with Gasteiger partial charge in [0.2, 0.25) is 5.91 Å². The Morgan fingerprint density at radius 3 is 2.48 bits per heavy atom. The molecule has 1 aromatic heterocycles. The number of aryl methyl sites for hydroxylation is 2. The van der Waals surface area contributed by atoms with Gasteiger partial charge in [0.05, 0.1) is 6.54 Å². The fourth-order valence-electron chi connectivity index (χ4n) is 2.91. The molecule has 0 radical (unpaired) electrons. The van der Waals surface area contributed by atoms with Gasteiger partial charge in [0.1, 0.15) is 6.54 Å². The lowest BCUT2D eigenvalue weighted by Gasteiger charge is -2.17. The molecule has 1 saturated heterocycles. The molecular formula is C19H19N3O4S. The average Bonchev–Trinajstić information content (AvgIpc) is 3.23. The predicted octanol–water partition coefficient (Wildman–Crippen LogP) is 2.55. The van der Waals surface area contributed by atoms with Crippen LogP contribution in [-0.4, -0.2) is 40.1 Å². The SMILES string of the molecule is CCc1cccc(C)c1NC(=O)CN1C(=O)C(=O)N(Cc2cccs2)C1=O. The number of rotatable bonds is 6. The van der Waals surface area contributed by atoms with Crippen LogP contribution in [0.5, 0.6) is 0 Å². The summed E-state index contributed by atoms with van der Waals surface area (Å²) in [7, 11) is 0. The van der Waals surface area contributed by atoms with Gasteiger partial charge < -0.3 is 5.32 Å². The van der Waals surface area contributed by atoms with Gasteiger partial charge in [-0.15, -0.1) is 11.3 Å². The largest absolute Gasteiger partial charge is 0.335 e. The zero-order valence-electron chi connectivity index (χ0n) is 15.0. The lowest BCUT2D eigenvalue weighted by atomic mass is 10.1. The molecule has 0 bridgehead atoms. The van der Waals surface area contributed by atoms with Crippen LogP contribution in [0, 0.1) is 6.92 Å². The molecule has 5 amide bonds. The summed E-state index contributed by atoms with van der Waals surface area (Å²) in [6.07, 6.45) is 0.728. The molecule has 1 N–H and O–H groups in total. The number of para-hydroxylation sites is 1. The first-order valence-electron chi connectivity index (χ1n) is 8.50. The average molecular weight is 385 g/mol. The van der Waals surface area contributed by atoms with Gasteiger partial charge in [-0.05, 0) is 35.9 Å². The molecule has 0 atom stereocenters. The van der Waals surface area contributed by atoms with Crippen LogP contribution >= 0.6 is 11.3 Å². The van der Waals surface area contributed by atoms with E-state index in [-0.39, 0.29) is 6.54 Å². The normalized spacial score (nSPS) is 14.2. The summed E-state index contributed by atoms with van der Waals surface area (Å²) in [5.74, 6) is -2.41. The highest BCUT2D eigenvalue weighted by molar-refractivity contribution is 7.09. The van der Waals surface area contributed by atoms with Crippen molar-refractivity contribution in [1.29, 1.82) is 0 Å². The first kappa shape index (κ1) is 18.8. The van der Waals surface area contributed by atoms with E-state index in [1.54, 1.807) is 12.1 Å². The molecule has 0 unspecified atom stereocenters. The van der Waals surface area contributed by atoms with E-state index in [4.69, 9.17) is 0 Å². The summed E-state index contributed by atoms with van der Waals surface area (Å²) in [6.45, 7) is 3.37. The van der Waals surface area contributed by atoms with Crippen molar-refractivity contribution >= 4 is 40.8 Å². The number of urea groups is 1. The van der Waals surface area contributed by atoms with Gasteiger partial charge in [-0.2, -0.15) is 0 Å². The van der Waals surface area contributed by atoms with Gasteiger partial charge in [-0.3, -0.25) is 19.3 Å². The highest BCUT2D eigenvalue weighted by Crippen LogP contribution is 2.22. The van der Waals surface area contributed by atoms with E-state index in [1.165, 1.54) is 11.3 Å². The fourth-order valence-corrected chi connectivity index (χ4v) is 3.60. The van der Waals surface area contributed by atoms with Crippen LogP contribution in [0.25, 0.3) is 0 Å². The van der Waals surface area contributed by atoms with E-state index in [2.05, 4.69) is 5.32 Å². The Hall–Kier alpha value is -3.00. The summed E-state index contributed by atoms with van der Waals surface area (Å²) in [5, 5.41) is 4.58. The van der Waals surface area contributed by atoms with Crippen molar-refractivity contribution in [1.82, 2.24) is 9.80 Å². The number of benzene rings is 1. The number of imide groups is 2. The van der Waals surface area contributed by atoms with Gasteiger partial charge in [0.25, 0.3) is 0 Å². The molecule has 27 heavy (non-hydrogen) atoms. The van der Waals surface area contributed by atoms with E-state index in [1.807, 2.05) is 37.4 Å². The Kier molecular flexibility index (Phi) is 5.36. The van der Waals surface area contributed by atoms with Crippen LogP contribution in [0.15, 0.2) is 35.7 Å². The molecule has 8 heteroatoms. The van der Waals surface area contributed by atoms with E-state index in [0.717, 1.165) is 27.3 Å². The predicted molar refractivity (Wildman–Crippen MR) is 101 cm³/mol. The first-order chi connectivity index (χ1) is 12.9. The van der Waals surface area contributed by atoms with Crippen molar-refractivity contribution in [2.24, 2.45) is 0 Å². The number of nitrogens with zero attached hydrogens (tertiary/aromatic N) is 2. The minimum absolute atomic E-state index is 0.0248. The lowest BCUT2D eigenvalue weighted by molar-refractivity contribution is -0.143. The van der Waals surface area contributed by atoms with Crippen LogP contribution < -0.4 is 5.32 Å². The number of amides is 5. The quantitative estimate of drug-likeness (QED) is 0.612. The number of nitrogens with one attached hydrogen (secondary N) is 1. The van der Waals surface area contributed by atoms with E-state index < -0.39 is 30.3 Å². The molecule has 0 aliphatic carbocycles. The van der Waals surface area contributed by atoms with Crippen molar-refractivity contribution in [2.75, 3.05) is 11.9 Å². The molecule has 3 rings (SSSR count). The summed E-state index contributed by atoms with van der Waals surface area (Å²) < 4.78 is 0. The third kappa shape index (κ3) is 3.75. The zero-order valence-corrected chi connectivity index (χ0v) is 15.8. The number of carbonyl (C=O) groups is 4. The topological polar surface area (TPSA) is 86.8 Å². The zero-order chi connectivity index (χ0) is 19.6. The minimum atomic E-state index is -0.979. The Morgan fingerprint density at radius 2 is 1.81 bits per heavy atom. The maximum absolute atomic E-state index is 12.5. The molecule has 1 aliphatic heterocycles. The van der Waals surface area contributed by atoms with Crippen molar-refractivity contribution in [3.63, 3.8) is 0 Å². The Balaban J connectivity index is 1.72. The van der Waals surface area contributed by atoms with Gasteiger partial charge >= 0.3 is 17.8 Å². The van der Waals surface area contributed by atoms with Gasteiger partial charge in [0.15, 0.2) is 0 Å². The minimum Gasteiger partial charge on any atom is -0.324 e. The molecule has 0 spiro atoms. The number of hydrogen-bond acceptors (Lipinski definition) is 5. The molecule has 1 fully saturated rings. The second kappa shape index (κ2) is 7.71. The van der Waals surface area contributed by atoms with Crippen LogP contribution in [0.4, 0.5) is 10.5 Å². The fraction of sp³-hybridized carbons (Fsp3) is 0.263. The monoisotopic (exact) mass is 385 g/mol. The number of carbonyl (C=O) groups excluding carboxylic acids is 4. The highest BCUT2D eigenvalue weighted by atomic mass is 32.1. The van der Waals surface area contributed by atoms with Crippen molar-refractivity contribution in [3.8, 4) is 0 Å². The van der Waals surface area contributed by atoms with Gasteiger partial charge in [0, 0.05) is 10.6 Å². The standard InChI is InChI=1S/C19H19N3O4S/c1-3-13-7-4-6-12(2)16(13)20-15(23)11-22-18(25)17(24)21(19(22)26)10-14-8-5-9-27-14/h4-9H,3,10-11H2,1-2H3,(H,20,23). The summed E-state index contributed by atoms with van der Waals surface area (Å²) in [4.78, 5) is 51.5. The first-order valence-corrected chi connectivity index (χ1v) is 9.38. The molecule has 140 valence electrons. The van der Waals surface area contributed by atoms with Crippen molar-refractivity contribution in [3.05, 3.63) is 51.7 Å². The van der Waals surface area contributed by atoms with Crippen LogP contribution in [0.2, 0.25) is 0 Å². The molecule has 1 aromatic carbocycles. The Bertz CT molecular complexity index is 908. The maximum atomic E-state index is 12.5. The Labute approximate surface area is 160 Å². The third-order valence-electron chi connectivity index (χ3n) is 4.34. The molecule has 0 saturated carbocycles. The molecular weight excluding hydrogens is 366 g/mol. The highest BCUT2D eigenvalue weighted by Gasteiger charge is 2.45. The summed E-state index contributed by atoms with van der Waals surface area (Å²) >= 11 is 1.38. The summed E-state index contributed by atoms with van der Waals surface area (Å²) in [5.41, 5.74) is 2.51. The molecule has 1 aliphatic rings. The second-order valence-electron chi connectivity index (χ2n) is 6.16. The van der Waals surface area contributed by atoms with Crippen molar-refractivity contribution < 1.29 is 19.2 Å². The molecule has 7 nitrogen and oxygen atoms in total. The lowest BCUT2D eigenvalue weighted by Crippen LogP contribution is -2.39. The Morgan fingerprint density at radius 1 is 1.07 bits per heavy atom. The number of hydrogen-bond donors (Lipinski definition) is 1. The van der Waals surface area contributed by atoms with Gasteiger partial charge in [-0.25, -0.2) is 9.69 Å². The van der Waals surface area contributed by atoms with Crippen LogP contribution in [0.1, 0.15) is 22.9 Å². The number of anilines is 1. The molecule has 2 aromatic rings. The molecule has 2 heterocycles.